The van der Waals surface area contributed by atoms with E-state index in [9.17, 15) is 18.0 Å². The molecule has 1 atom stereocenters. The Hall–Kier alpha value is -5.06. The van der Waals surface area contributed by atoms with Crippen LogP contribution in [-0.4, -0.2) is 42.1 Å². The molecule has 0 aliphatic carbocycles. The van der Waals surface area contributed by atoms with Crippen molar-refractivity contribution in [3.63, 3.8) is 0 Å². The molecule has 9 nitrogen and oxygen atoms in total. The minimum atomic E-state index is -4.18. The van der Waals surface area contributed by atoms with Gasteiger partial charge in [0, 0.05) is 23.4 Å². The van der Waals surface area contributed by atoms with Gasteiger partial charge in [0.05, 0.1) is 11.7 Å². The van der Waals surface area contributed by atoms with E-state index >= 15 is 0 Å². The van der Waals surface area contributed by atoms with Gasteiger partial charge in [0.15, 0.2) is 5.58 Å². The Bertz CT molecular complexity index is 1960. The van der Waals surface area contributed by atoms with Crippen LogP contribution >= 0.6 is 0 Å². The van der Waals surface area contributed by atoms with Crippen LogP contribution in [0.3, 0.4) is 0 Å². The average molecular weight is 652 g/mol. The maximum absolute atomic E-state index is 13.8. The third-order valence-electron chi connectivity index (χ3n) is 7.43. The summed E-state index contributed by atoms with van der Waals surface area (Å²) in [5, 5.41) is 5.53. The monoisotopic (exact) mass is 651 g/mol. The minimum absolute atomic E-state index is 0.0384. The highest BCUT2D eigenvalue weighted by Crippen LogP contribution is 2.28. The summed E-state index contributed by atoms with van der Waals surface area (Å²) in [6.07, 6.45) is 4.57. The second-order valence-corrected chi connectivity index (χ2v) is 14.0. The lowest BCUT2D eigenvalue weighted by atomic mass is 9.89. The van der Waals surface area contributed by atoms with Crippen molar-refractivity contribution in [2.24, 2.45) is 5.41 Å². The van der Waals surface area contributed by atoms with E-state index in [4.69, 9.17) is 8.97 Å². The predicted octanol–water partition coefficient (Wildman–Crippen LogP) is 7.14. The van der Waals surface area contributed by atoms with Crippen LogP contribution in [0.15, 0.2) is 108 Å². The molecule has 1 unspecified atom stereocenters. The fourth-order valence-electron chi connectivity index (χ4n) is 4.89. The summed E-state index contributed by atoms with van der Waals surface area (Å²) >= 11 is 0. The normalized spacial score (nSPS) is 12.7. The highest BCUT2D eigenvalue weighted by molar-refractivity contribution is 7.85. The summed E-state index contributed by atoms with van der Waals surface area (Å²) in [6.45, 7) is 6.18. The predicted molar refractivity (Wildman–Crippen MR) is 185 cm³/mol. The first kappa shape index (κ1) is 33.3. The quantitative estimate of drug-likeness (QED) is 0.129. The van der Waals surface area contributed by atoms with E-state index in [1.165, 1.54) is 0 Å². The maximum Gasteiger partial charge on any atom is 0.266 e. The molecule has 10 heteroatoms. The number of nitrogens with one attached hydrogen (secondary N) is 2. The molecule has 242 valence electrons. The Morgan fingerprint density at radius 3 is 2.23 bits per heavy atom. The van der Waals surface area contributed by atoms with Crippen LogP contribution in [0, 0.1) is 5.41 Å². The van der Waals surface area contributed by atoms with Crippen LogP contribution in [-0.2, 0) is 21.3 Å². The number of aromatic nitrogens is 1. The first-order valence-corrected chi connectivity index (χ1v) is 16.8. The molecule has 47 heavy (non-hydrogen) atoms. The number of rotatable bonds is 11. The topological polar surface area (TPSA) is 139 Å². The summed E-state index contributed by atoms with van der Waals surface area (Å²) in [6, 6.07) is 29.6. The van der Waals surface area contributed by atoms with Crippen molar-refractivity contribution in [3.8, 4) is 11.5 Å². The Labute approximate surface area is 274 Å². The molecular weight excluding hydrogens is 614 g/mol. The van der Waals surface area contributed by atoms with Gasteiger partial charge in [0.25, 0.3) is 16.0 Å². The molecular formula is C37H37N3O6S. The summed E-state index contributed by atoms with van der Waals surface area (Å²) in [7, 11) is -4.18. The highest BCUT2D eigenvalue weighted by atomic mass is 32.2. The highest BCUT2D eigenvalue weighted by Gasteiger charge is 2.22. The van der Waals surface area contributed by atoms with E-state index in [1.54, 1.807) is 24.3 Å². The lowest BCUT2D eigenvalue weighted by Gasteiger charge is -2.18. The number of hydrogen-bond donors (Lipinski definition) is 3. The molecule has 5 aromatic rings. The van der Waals surface area contributed by atoms with Crippen LogP contribution in [0.5, 0.6) is 0 Å². The average Bonchev–Trinajstić information content (AvgIpc) is 3.47. The zero-order chi connectivity index (χ0) is 33.6. The zero-order valence-electron chi connectivity index (χ0n) is 26.4. The molecule has 0 fully saturated rings. The van der Waals surface area contributed by atoms with Gasteiger partial charge in [-0.15, -0.1) is 0 Å². The van der Waals surface area contributed by atoms with Gasteiger partial charge in [-0.2, -0.15) is 8.42 Å². The van der Waals surface area contributed by atoms with E-state index in [0.717, 1.165) is 27.8 Å². The first-order chi connectivity index (χ1) is 22.3. The minimum Gasteiger partial charge on any atom is -0.436 e. The lowest BCUT2D eigenvalue weighted by Crippen LogP contribution is -2.28. The molecule has 1 heterocycles. The van der Waals surface area contributed by atoms with Gasteiger partial charge < -0.3 is 15.1 Å². The van der Waals surface area contributed by atoms with Gasteiger partial charge in [0.2, 0.25) is 11.8 Å². The number of carbonyl (C=O) groups excluding carboxylic acids is 2. The van der Waals surface area contributed by atoms with Crippen LogP contribution < -0.4 is 10.6 Å². The number of anilines is 1. The number of allylic oxidation sites excluding steroid dienone is 1. The Morgan fingerprint density at radius 2 is 1.60 bits per heavy atom. The number of nitrogens with zero attached hydrogens (tertiary/aromatic N) is 1. The molecule has 0 aliphatic heterocycles. The SMILES string of the molecule is CC(C)(C)/C=C/c1ccc(C(Cc2ccc(C(=O)NCCS(=O)(=O)O)cc2)C(=O)Nc2ccc(-c3nc4ccccc4o3)cc2)cc1. The summed E-state index contributed by atoms with van der Waals surface area (Å²) in [5.74, 6) is -1.27. The van der Waals surface area contributed by atoms with Crippen molar-refractivity contribution in [2.75, 3.05) is 17.6 Å². The van der Waals surface area contributed by atoms with Gasteiger partial charge in [-0.3, -0.25) is 14.1 Å². The van der Waals surface area contributed by atoms with E-state index in [-0.39, 0.29) is 17.9 Å². The first-order valence-electron chi connectivity index (χ1n) is 15.2. The van der Waals surface area contributed by atoms with Crippen LogP contribution in [0.4, 0.5) is 5.69 Å². The smallest absolute Gasteiger partial charge is 0.266 e. The second kappa shape index (κ2) is 14.1. The molecule has 0 bridgehead atoms. The lowest BCUT2D eigenvalue weighted by molar-refractivity contribution is -0.117. The molecule has 4 aromatic carbocycles. The van der Waals surface area contributed by atoms with Gasteiger partial charge in [-0.25, -0.2) is 4.98 Å². The Morgan fingerprint density at radius 1 is 0.915 bits per heavy atom. The second-order valence-electron chi connectivity index (χ2n) is 12.4. The van der Waals surface area contributed by atoms with E-state index in [1.807, 2.05) is 72.8 Å². The van der Waals surface area contributed by atoms with Crippen LogP contribution in [0.25, 0.3) is 28.6 Å². The number of oxazole rings is 1. The van der Waals surface area contributed by atoms with Crippen LogP contribution in [0.1, 0.15) is 53.7 Å². The third kappa shape index (κ3) is 9.48. The summed E-state index contributed by atoms with van der Waals surface area (Å²) in [5.41, 5.74) is 5.96. The standard InChI is InChI=1S/C37H37N3O6S/c1-37(2,3)21-20-25-8-12-27(13-9-25)31(24-26-10-14-28(15-11-26)34(41)38-22-23-47(43,44)45)35(42)39-30-18-16-29(17-19-30)36-40-32-6-4-5-7-33(32)46-36/h4-21,31H,22-24H2,1-3H3,(H,38,41)(H,39,42)(H,43,44,45)/b21-20+. The van der Waals surface area contributed by atoms with Gasteiger partial charge in [0.1, 0.15) is 5.52 Å². The fourth-order valence-corrected chi connectivity index (χ4v) is 5.25. The maximum atomic E-state index is 13.8. The van der Waals surface area contributed by atoms with Crippen molar-refractivity contribution in [3.05, 3.63) is 125 Å². The molecule has 0 saturated heterocycles. The van der Waals surface area contributed by atoms with Crippen molar-refractivity contribution >= 4 is 44.8 Å². The molecule has 3 N–H and O–H groups in total. The van der Waals surface area contributed by atoms with Gasteiger partial charge >= 0.3 is 0 Å². The molecule has 1 aromatic heterocycles. The Kier molecular flexibility index (Phi) is 10.0. The fraction of sp³-hybridized carbons (Fsp3) is 0.216. The summed E-state index contributed by atoms with van der Waals surface area (Å²) < 4.78 is 36.6. The van der Waals surface area contributed by atoms with Crippen molar-refractivity contribution in [1.82, 2.24) is 10.3 Å². The number of carbonyl (C=O) groups is 2. The number of para-hydroxylation sites is 2. The molecule has 0 saturated carbocycles. The number of hydrogen-bond acceptors (Lipinski definition) is 6. The molecule has 5 rings (SSSR count). The van der Waals surface area contributed by atoms with E-state index in [0.29, 0.717) is 29.1 Å². The molecule has 2 amide bonds. The third-order valence-corrected chi connectivity index (χ3v) is 8.15. The zero-order valence-corrected chi connectivity index (χ0v) is 27.3. The molecule has 0 spiro atoms. The van der Waals surface area contributed by atoms with E-state index in [2.05, 4.69) is 48.5 Å². The number of amides is 2. The van der Waals surface area contributed by atoms with Crippen LogP contribution in [0.2, 0.25) is 0 Å². The Balaban J connectivity index is 1.33. The van der Waals surface area contributed by atoms with Gasteiger partial charge in [-0.05, 0) is 77.1 Å². The summed E-state index contributed by atoms with van der Waals surface area (Å²) in [4.78, 5) is 30.8. The largest absolute Gasteiger partial charge is 0.436 e. The van der Waals surface area contributed by atoms with E-state index < -0.39 is 27.7 Å². The number of benzene rings is 4. The molecule has 0 aliphatic rings. The van der Waals surface area contributed by atoms with Crippen molar-refractivity contribution < 1.29 is 27.0 Å². The van der Waals surface area contributed by atoms with Crippen molar-refractivity contribution in [1.29, 1.82) is 0 Å². The molecule has 0 radical (unpaired) electrons. The van der Waals surface area contributed by atoms with Gasteiger partial charge in [-0.1, -0.05) is 81.5 Å². The van der Waals surface area contributed by atoms with Crippen molar-refractivity contribution in [2.45, 2.75) is 33.1 Å². The number of fused-ring (bicyclic) bond motifs is 1.